The first kappa shape index (κ1) is 13.5. The van der Waals surface area contributed by atoms with Crippen LogP contribution in [0.3, 0.4) is 0 Å². The van der Waals surface area contributed by atoms with E-state index in [-0.39, 0.29) is 34.9 Å². The summed E-state index contributed by atoms with van der Waals surface area (Å²) in [5.74, 6) is -0.480. The van der Waals surface area contributed by atoms with Gasteiger partial charge in [-0.2, -0.15) is 0 Å². The maximum atomic E-state index is 6.38. The molecule has 7 atom stereocenters. The molecule has 0 aromatic carbocycles. The Labute approximate surface area is 121 Å². The van der Waals surface area contributed by atoms with Crippen LogP contribution in [0.5, 0.6) is 0 Å². The monoisotopic (exact) mass is 282 g/mol. The minimum absolute atomic E-state index is 0.0320. The van der Waals surface area contributed by atoms with Gasteiger partial charge in [-0.1, -0.05) is 6.92 Å². The van der Waals surface area contributed by atoms with Gasteiger partial charge in [-0.05, 0) is 40.5 Å². The van der Waals surface area contributed by atoms with Crippen LogP contribution in [0.4, 0.5) is 0 Å². The first-order valence-electron chi connectivity index (χ1n) is 7.79. The van der Waals surface area contributed by atoms with Crippen molar-refractivity contribution in [2.75, 3.05) is 0 Å². The number of ether oxygens (including phenoxy) is 4. The molecule has 0 aromatic rings. The Hall–Kier alpha value is -0.160. The molecule has 3 aliphatic carbocycles. The highest BCUT2D eigenvalue weighted by atomic mass is 16.9. The SMILES string of the molecule is CC(C)(C)O[C@H]1C[C@@H]2[C@H]3C[C@@]1(C)[C@H]1OC(C)(O3)O[C@@]21C. The van der Waals surface area contributed by atoms with Crippen LogP contribution in [-0.4, -0.2) is 35.5 Å². The van der Waals surface area contributed by atoms with Gasteiger partial charge in [0.2, 0.25) is 0 Å². The maximum absolute atomic E-state index is 6.38. The maximum Gasteiger partial charge on any atom is 0.281 e. The fraction of sp³-hybridized carbons (Fsp3) is 1.00. The van der Waals surface area contributed by atoms with Crippen LogP contribution in [0.15, 0.2) is 0 Å². The van der Waals surface area contributed by atoms with Crippen molar-refractivity contribution in [1.29, 1.82) is 0 Å². The molecule has 5 fully saturated rings. The van der Waals surface area contributed by atoms with E-state index in [4.69, 9.17) is 18.9 Å². The second-order valence-corrected chi connectivity index (χ2v) is 8.57. The van der Waals surface area contributed by atoms with Gasteiger partial charge < -0.3 is 18.9 Å². The van der Waals surface area contributed by atoms with Gasteiger partial charge in [-0.15, -0.1) is 0 Å². The van der Waals surface area contributed by atoms with Crippen molar-refractivity contribution in [2.45, 2.75) is 89.9 Å². The van der Waals surface area contributed by atoms with E-state index in [2.05, 4.69) is 34.6 Å². The van der Waals surface area contributed by atoms with Crippen LogP contribution in [0.1, 0.15) is 54.4 Å². The second kappa shape index (κ2) is 3.43. The highest BCUT2D eigenvalue weighted by Crippen LogP contribution is 2.67. The number of hydrogen-bond donors (Lipinski definition) is 0. The molecular formula is C16H26O4. The molecule has 2 heterocycles. The van der Waals surface area contributed by atoms with Crippen molar-refractivity contribution in [2.24, 2.45) is 11.3 Å². The van der Waals surface area contributed by atoms with Gasteiger partial charge in [-0.3, -0.25) is 0 Å². The van der Waals surface area contributed by atoms with Crippen LogP contribution in [-0.2, 0) is 18.9 Å². The standard InChI is InChI=1S/C16H26O4/c1-13(2,3)18-11-7-9-10-8-14(11,4)12-15(9,5)20-16(6,17-10)19-12/h9-12H,7-8H2,1-6H3/t9-,10-,11+,12-,14-,15+,16?/m1/s1. The van der Waals surface area contributed by atoms with Crippen molar-refractivity contribution in [3.8, 4) is 0 Å². The van der Waals surface area contributed by atoms with Crippen LogP contribution in [0, 0.1) is 11.3 Å². The first-order chi connectivity index (χ1) is 9.06. The van der Waals surface area contributed by atoms with Crippen LogP contribution in [0.2, 0.25) is 0 Å². The predicted molar refractivity (Wildman–Crippen MR) is 73.1 cm³/mol. The Morgan fingerprint density at radius 1 is 1.10 bits per heavy atom. The summed E-state index contributed by atoms with van der Waals surface area (Å²) in [6.45, 7) is 12.8. The second-order valence-electron chi connectivity index (χ2n) is 8.57. The molecule has 2 saturated heterocycles. The zero-order valence-corrected chi connectivity index (χ0v) is 13.4. The molecule has 5 aliphatic rings. The smallest absolute Gasteiger partial charge is 0.281 e. The molecule has 1 unspecified atom stereocenters. The average molecular weight is 282 g/mol. The van der Waals surface area contributed by atoms with Gasteiger partial charge in [0.25, 0.3) is 5.97 Å². The largest absolute Gasteiger partial charge is 0.372 e. The lowest BCUT2D eigenvalue weighted by Crippen LogP contribution is -2.71. The lowest BCUT2D eigenvalue weighted by molar-refractivity contribution is -0.396. The fourth-order valence-corrected chi connectivity index (χ4v) is 5.17. The minimum Gasteiger partial charge on any atom is -0.372 e. The van der Waals surface area contributed by atoms with Crippen molar-refractivity contribution in [1.82, 2.24) is 0 Å². The highest BCUT2D eigenvalue weighted by Gasteiger charge is 2.76. The van der Waals surface area contributed by atoms with E-state index in [0.717, 1.165) is 12.8 Å². The van der Waals surface area contributed by atoms with E-state index < -0.39 is 5.97 Å². The summed E-state index contributed by atoms with van der Waals surface area (Å²) in [5, 5.41) is 0. The highest BCUT2D eigenvalue weighted by molar-refractivity contribution is 5.20. The lowest BCUT2D eigenvalue weighted by Gasteiger charge is -2.62. The summed E-state index contributed by atoms with van der Waals surface area (Å²) in [6, 6.07) is 0. The zero-order chi connectivity index (χ0) is 14.6. The molecule has 0 N–H and O–H groups in total. The van der Waals surface area contributed by atoms with Crippen LogP contribution in [0.25, 0.3) is 0 Å². The molecule has 20 heavy (non-hydrogen) atoms. The zero-order valence-electron chi connectivity index (χ0n) is 13.4. The quantitative estimate of drug-likeness (QED) is 0.741. The molecule has 0 aromatic heterocycles. The summed E-state index contributed by atoms with van der Waals surface area (Å²) in [6.07, 6.45) is 2.53. The van der Waals surface area contributed by atoms with E-state index in [9.17, 15) is 0 Å². The summed E-state index contributed by atoms with van der Waals surface area (Å²) < 4.78 is 24.9. The minimum atomic E-state index is -0.852. The average Bonchev–Trinajstić information content (AvgIpc) is 2.43. The van der Waals surface area contributed by atoms with E-state index in [1.807, 2.05) is 6.92 Å². The third-order valence-corrected chi connectivity index (χ3v) is 5.75. The summed E-state index contributed by atoms with van der Waals surface area (Å²) in [5.41, 5.74) is -0.382. The fourth-order valence-electron chi connectivity index (χ4n) is 5.17. The Morgan fingerprint density at radius 3 is 2.45 bits per heavy atom. The third kappa shape index (κ3) is 1.51. The van der Waals surface area contributed by atoms with Crippen LogP contribution >= 0.6 is 0 Å². The molecule has 4 heteroatoms. The molecule has 2 aliphatic heterocycles. The van der Waals surface area contributed by atoms with Gasteiger partial charge in [0.15, 0.2) is 0 Å². The molecule has 5 bridgehead atoms. The predicted octanol–water partition coefficient (Wildman–Crippen LogP) is 2.85. The Balaban J connectivity index is 1.74. The van der Waals surface area contributed by atoms with Gasteiger partial charge in [0.1, 0.15) is 11.7 Å². The van der Waals surface area contributed by atoms with Crippen LogP contribution < -0.4 is 0 Å². The molecule has 3 saturated carbocycles. The molecular weight excluding hydrogens is 256 g/mol. The summed E-state index contributed by atoms with van der Waals surface area (Å²) in [7, 11) is 0. The molecule has 114 valence electrons. The van der Waals surface area contributed by atoms with Crippen molar-refractivity contribution >= 4 is 0 Å². The summed E-state index contributed by atoms with van der Waals surface area (Å²) >= 11 is 0. The van der Waals surface area contributed by atoms with Gasteiger partial charge in [0, 0.05) is 18.3 Å². The Morgan fingerprint density at radius 2 is 1.80 bits per heavy atom. The Bertz CT molecular complexity index is 458. The third-order valence-electron chi connectivity index (χ3n) is 5.75. The van der Waals surface area contributed by atoms with Gasteiger partial charge >= 0.3 is 0 Å². The van der Waals surface area contributed by atoms with E-state index in [0.29, 0.717) is 5.92 Å². The van der Waals surface area contributed by atoms with E-state index >= 15 is 0 Å². The topological polar surface area (TPSA) is 36.9 Å². The number of hydrogen-bond acceptors (Lipinski definition) is 4. The molecule has 5 rings (SSSR count). The number of rotatable bonds is 1. The van der Waals surface area contributed by atoms with Gasteiger partial charge in [-0.25, -0.2) is 0 Å². The molecule has 0 amide bonds. The summed E-state index contributed by atoms with van der Waals surface area (Å²) in [4.78, 5) is 0. The van der Waals surface area contributed by atoms with E-state index in [1.54, 1.807) is 0 Å². The number of fused-ring (bicyclic) bond motifs is 2. The Kier molecular flexibility index (Phi) is 2.31. The van der Waals surface area contributed by atoms with Crippen molar-refractivity contribution in [3.63, 3.8) is 0 Å². The van der Waals surface area contributed by atoms with Crippen molar-refractivity contribution < 1.29 is 18.9 Å². The lowest BCUT2D eigenvalue weighted by atomic mass is 9.51. The van der Waals surface area contributed by atoms with Gasteiger partial charge in [0.05, 0.1) is 17.8 Å². The van der Waals surface area contributed by atoms with E-state index in [1.165, 1.54) is 0 Å². The normalized spacial score (nSPS) is 60.3. The molecule has 0 spiro atoms. The van der Waals surface area contributed by atoms with Crippen molar-refractivity contribution in [3.05, 3.63) is 0 Å². The first-order valence-corrected chi connectivity index (χ1v) is 7.79. The molecule has 0 radical (unpaired) electrons. The molecule has 4 nitrogen and oxygen atoms in total.